The molecule has 2 rings (SSSR count). The van der Waals surface area contributed by atoms with Gasteiger partial charge in [-0.05, 0) is 36.5 Å². The van der Waals surface area contributed by atoms with Gasteiger partial charge in [0.05, 0.1) is 14.1 Å². The molecule has 0 unspecified atom stereocenters. The molecule has 0 saturated carbocycles. The number of amides is 2. The summed E-state index contributed by atoms with van der Waals surface area (Å²) in [4.78, 5) is 26.9. The van der Waals surface area contributed by atoms with Crippen molar-refractivity contribution in [2.24, 2.45) is 5.92 Å². The molecular formula is C24H34N3O2+. The molecule has 0 radical (unpaired) electrons. The molecule has 0 fully saturated rings. The fraction of sp³-hybridized carbons (Fsp3) is 0.417. The first-order chi connectivity index (χ1) is 13.8. The van der Waals surface area contributed by atoms with E-state index in [9.17, 15) is 9.59 Å². The molecule has 0 spiro atoms. The van der Waals surface area contributed by atoms with E-state index in [1.165, 1.54) is 10.5 Å². The highest BCUT2D eigenvalue weighted by atomic mass is 16.2. The van der Waals surface area contributed by atoms with Crippen LogP contribution in [0, 0.1) is 12.8 Å². The maximum atomic E-state index is 12.9. The van der Waals surface area contributed by atoms with Gasteiger partial charge in [0.25, 0.3) is 5.91 Å². The van der Waals surface area contributed by atoms with Crippen LogP contribution in [0.2, 0.25) is 0 Å². The van der Waals surface area contributed by atoms with E-state index in [1.807, 2.05) is 43.3 Å². The summed E-state index contributed by atoms with van der Waals surface area (Å²) in [5, 5.41) is 5.96. The zero-order valence-electron chi connectivity index (χ0n) is 18.2. The zero-order chi connectivity index (χ0) is 21.4. The Morgan fingerprint density at radius 2 is 1.59 bits per heavy atom. The molecule has 0 aliphatic rings. The molecule has 156 valence electrons. The smallest absolute Gasteiger partial charge is 0.252 e. The highest BCUT2D eigenvalue weighted by molar-refractivity contribution is 5.98. The molecule has 5 nitrogen and oxygen atoms in total. The predicted molar refractivity (Wildman–Crippen MR) is 117 cm³/mol. The van der Waals surface area contributed by atoms with Crippen LogP contribution in [0.3, 0.4) is 0 Å². The molecular weight excluding hydrogens is 362 g/mol. The van der Waals surface area contributed by atoms with Crippen LogP contribution in [-0.4, -0.2) is 32.0 Å². The summed E-state index contributed by atoms with van der Waals surface area (Å²) in [5.41, 5.74) is 3.83. The highest BCUT2D eigenvalue weighted by Crippen LogP contribution is 2.11. The Balaban J connectivity index is 2.08. The van der Waals surface area contributed by atoms with Gasteiger partial charge in [-0.15, -0.1) is 0 Å². The molecule has 2 aromatic rings. The van der Waals surface area contributed by atoms with Gasteiger partial charge in [0.2, 0.25) is 5.91 Å². The van der Waals surface area contributed by atoms with Crippen LogP contribution in [0.5, 0.6) is 0 Å². The van der Waals surface area contributed by atoms with Crippen LogP contribution >= 0.6 is 0 Å². The third kappa shape index (κ3) is 7.02. The van der Waals surface area contributed by atoms with Gasteiger partial charge in [-0.1, -0.05) is 56.3 Å². The zero-order valence-corrected chi connectivity index (χ0v) is 18.2. The highest BCUT2D eigenvalue weighted by Gasteiger charge is 2.23. The van der Waals surface area contributed by atoms with Crippen LogP contribution < -0.4 is 15.5 Å². The van der Waals surface area contributed by atoms with Gasteiger partial charge in [-0.2, -0.15) is 0 Å². The molecule has 0 aliphatic heterocycles. The molecule has 2 amide bonds. The third-order valence-corrected chi connectivity index (χ3v) is 4.83. The van der Waals surface area contributed by atoms with Crippen LogP contribution in [0.1, 0.15) is 47.3 Å². The summed E-state index contributed by atoms with van der Waals surface area (Å²) in [6.45, 7) is 7.35. The second-order valence-corrected chi connectivity index (χ2v) is 8.34. The number of nitrogens with one attached hydrogen (secondary N) is 3. The van der Waals surface area contributed by atoms with Gasteiger partial charge in [0.1, 0.15) is 12.6 Å². The summed E-state index contributed by atoms with van der Waals surface area (Å²) in [6.07, 6.45) is 0.590. The molecule has 1 atom stereocenters. The number of hydrogen-bond donors (Lipinski definition) is 3. The van der Waals surface area contributed by atoms with Crippen molar-refractivity contribution < 1.29 is 14.5 Å². The maximum absolute atomic E-state index is 12.9. The van der Waals surface area contributed by atoms with E-state index in [0.29, 0.717) is 18.5 Å². The standard InChI is InChI=1S/C24H33N3O2/c1-17(2)14-22(26-23(28)21-13-9-6-10-18(21)3)24(29)25-15-19-11-7-8-12-20(19)16-27(4)5/h6-13,17,22H,14-16H2,1-5H3,(H,25,29)(H,26,28)/p+1/t22-/m1/s1. The molecule has 0 aromatic heterocycles. The molecule has 0 saturated heterocycles. The van der Waals surface area contributed by atoms with Gasteiger partial charge < -0.3 is 15.5 Å². The Morgan fingerprint density at radius 1 is 0.966 bits per heavy atom. The summed E-state index contributed by atoms with van der Waals surface area (Å²) in [6, 6.07) is 15.0. The minimum absolute atomic E-state index is 0.146. The van der Waals surface area contributed by atoms with Crippen molar-refractivity contribution in [3.8, 4) is 0 Å². The van der Waals surface area contributed by atoms with Crippen molar-refractivity contribution >= 4 is 11.8 Å². The van der Waals surface area contributed by atoms with Crippen LogP contribution in [-0.2, 0) is 17.9 Å². The van der Waals surface area contributed by atoms with Gasteiger partial charge in [-0.25, -0.2) is 0 Å². The summed E-state index contributed by atoms with van der Waals surface area (Å²) < 4.78 is 0. The lowest BCUT2D eigenvalue weighted by atomic mass is 10.0. The molecule has 0 bridgehead atoms. The number of quaternary nitrogens is 1. The van der Waals surface area contributed by atoms with Crippen molar-refractivity contribution in [2.45, 2.75) is 46.3 Å². The van der Waals surface area contributed by atoms with E-state index in [4.69, 9.17) is 0 Å². The molecule has 3 N–H and O–H groups in total. The topological polar surface area (TPSA) is 62.6 Å². The van der Waals surface area contributed by atoms with Crippen molar-refractivity contribution in [1.82, 2.24) is 10.6 Å². The first kappa shape index (κ1) is 22.6. The van der Waals surface area contributed by atoms with E-state index >= 15 is 0 Å². The van der Waals surface area contributed by atoms with Crippen LogP contribution in [0.25, 0.3) is 0 Å². The molecule has 5 heteroatoms. The van der Waals surface area contributed by atoms with Crippen molar-refractivity contribution in [3.63, 3.8) is 0 Å². The largest absolute Gasteiger partial charge is 0.350 e. The minimum atomic E-state index is -0.561. The SMILES string of the molecule is Cc1ccccc1C(=O)N[C@H](CC(C)C)C(=O)NCc1ccccc1C[NH+](C)C. The fourth-order valence-corrected chi connectivity index (χ4v) is 3.36. The monoisotopic (exact) mass is 396 g/mol. The fourth-order valence-electron chi connectivity index (χ4n) is 3.36. The van der Waals surface area contributed by atoms with E-state index in [2.05, 4.69) is 44.6 Å². The van der Waals surface area contributed by atoms with Gasteiger partial charge >= 0.3 is 0 Å². The number of benzene rings is 2. The van der Waals surface area contributed by atoms with E-state index < -0.39 is 6.04 Å². The predicted octanol–water partition coefficient (Wildman–Crippen LogP) is 2.10. The normalized spacial score (nSPS) is 12.1. The Kier molecular flexibility index (Phi) is 8.40. The number of hydrogen-bond acceptors (Lipinski definition) is 2. The maximum Gasteiger partial charge on any atom is 0.252 e. The average Bonchev–Trinajstić information content (AvgIpc) is 2.66. The number of aryl methyl sites for hydroxylation is 1. The lowest BCUT2D eigenvalue weighted by Gasteiger charge is -2.21. The van der Waals surface area contributed by atoms with Crippen LogP contribution in [0.4, 0.5) is 0 Å². The lowest BCUT2D eigenvalue weighted by molar-refractivity contribution is -0.872. The Bertz CT molecular complexity index is 830. The summed E-state index contributed by atoms with van der Waals surface area (Å²) in [7, 11) is 4.21. The molecule has 0 aliphatic carbocycles. The number of carbonyl (C=O) groups is 2. The Labute approximate surface area is 174 Å². The van der Waals surface area contributed by atoms with Gasteiger partial charge in [0.15, 0.2) is 0 Å². The third-order valence-electron chi connectivity index (χ3n) is 4.83. The quantitative estimate of drug-likeness (QED) is 0.608. The van der Waals surface area contributed by atoms with E-state index in [-0.39, 0.29) is 17.7 Å². The minimum Gasteiger partial charge on any atom is -0.350 e. The Morgan fingerprint density at radius 3 is 2.21 bits per heavy atom. The van der Waals surface area contributed by atoms with Crippen molar-refractivity contribution in [3.05, 3.63) is 70.8 Å². The van der Waals surface area contributed by atoms with Gasteiger partial charge in [-0.3, -0.25) is 9.59 Å². The van der Waals surface area contributed by atoms with Gasteiger partial charge in [0, 0.05) is 17.7 Å². The molecule has 2 aromatic carbocycles. The molecule has 29 heavy (non-hydrogen) atoms. The number of rotatable bonds is 9. The Hall–Kier alpha value is -2.66. The van der Waals surface area contributed by atoms with E-state index in [0.717, 1.165) is 17.7 Å². The second kappa shape index (κ2) is 10.8. The lowest BCUT2D eigenvalue weighted by Crippen LogP contribution is -3.04. The second-order valence-electron chi connectivity index (χ2n) is 8.34. The number of carbonyl (C=O) groups excluding carboxylic acids is 2. The molecule has 0 heterocycles. The van der Waals surface area contributed by atoms with Crippen molar-refractivity contribution in [2.75, 3.05) is 14.1 Å². The average molecular weight is 397 g/mol. The van der Waals surface area contributed by atoms with Crippen LogP contribution in [0.15, 0.2) is 48.5 Å². The summed E-state index contributed by atoms with van der Waals surface area (Å²) >= 11 is 0. The summed E-state index contributed by atoms with van der Waals surface area (Å²) in [5.74, 6) is -0.0688. The van der Waals surface area contributed by atoms with Crippen molar-refractivity contribution in [1.29, 1.82) is 0 Å². The van der Waals surface area contributed by atoms with E-state index in [1.54, 1.807) is 6.07 Å². The first-order valence-electron chi connectivity index (χ1n) is 10.3. The first-order valence-corrected chi connectivity index (χ1v) is 10.3.